The third-order valence-corrected chi connectivity index (χ3v) is 3.20. The molecule has 17 heavy (non-hydrogen) atoms. The van der Waals surface area contributed by atoms with Gasteiger partial charge in [0.05, 0.1) is 5.69 Å². The Kier molecular flexibility index (Phi) is 2.62. The fraction of sp³-hybridized carbons (Fsp3) is 0.500. The number of carboxylic acids is 1. The first kappa shape index (κ1) is 11.6. The summed E-state index contributed by atoms with van der Waals surface area (Å²) in [6, 6.07) is 0. The molecule has 0 bridgehead atoms. The number of tetrazole rings is 1. The van der Waals surface area contributed by atoms with Crippen LogP contribution < -0.4 is 0 Å². The molecule has 0 unspecified atom stereocenters. The van der Waals surface area contributed by atoms with Gasteiger partial charge in [-0.3, -0.25) is 0 Å². The van der Waals surface area contributed by atoms with Crippen LogP contribution >= 0.6 is 11.5 Å². The molecule has 0 spiro atoms. The fourth-order valence-electron chi connectivity index (χ4n) is 1.23. The van der Waals surface area contributed by atoms with E-state index >= 15 is 0 Å². The highest BCUT2D eigenvalue weighted by molar-refractivity contribution is 7.09. The van der Waals surface area contributed by atoms with Crippen LogP contribution in [0.25, 0.3) is 10.7 Å². The van der Waals surface area contributed by atoms with Crippen molar-refractivity contribution in [1.29, 1.82) is 0 Å². The van der Waals surface area contributed by atoms with E-state index in [4.69, 9.17) is 5.11 Å². The van der Waals surface area contributed by atoms with Crippen molar-refractivity contribution in [2.75, 3.05) is 0 Å². The van der Waals surface area contributed by atoms with Crippen molar-refractivity contribution in [2.45, 2.75) is 26.3 Å². The number of carboxylic acid groups (broad SMARTS) is 1. The van der Waals surface area contributed by atoms with Crippen LogP contribution in [0.5, 0.6) is 0 Å². The standard InChI is InChI=1S/C8H10N6O2S/c1-4-5(17-13-9-4)6-10-11-12-14(6)8(2,3)7(15)16/h1-3H3,(H,15,16). The van der Waals surface area contributed by atoms with Crippen LogP contribution in [-0.2, 0) is 10.3 Å². The summed E-state index contributed by atoms with van der Waals surface area (Å²) in [6.07, 6.45) is 0. The third-order valence-electron chi connectivity index (χ3n) is 2.38. The predicted octanol–water partition coefficient (Wildman–Crippen LogP) is 0.320. The van der Waals surface area contributed by atoms with E-state index in [1.165, 1.54) is 18.5 Å². The van der Waals surface area contributed by atoms with Crippen molar-refractivity contribution >= 4 is 17.5 Å². The molecule has 0 atom stereocenters. The maximum atomic E-state index is 11.2. The predicted molar refractivity (Wildman–Crippen MR) is 58.4 cm³/mol. The van der Waals surface area contributed by atoms with Crippen molar-refractivity contribution in [2.24, 2.45) is 0 Å². The third kappa shape index (κ3) is 1.78. The van der Waals surface area contributed by atoms with E-state index in [-0.39, 0.29) is 0 Å². The number of aromatic nitrogens is 6. The van der Waals surface area contributed by atoms with Gasteiger partial charge in [0, 0.05) is 0 Å². The van der Waals surface area contributed by atoms with Gasteiger partial charge in [0.1, 0.15) is 4.88 Å². The molecule has 0 radical (unpaired) electrons. The molecule has 0 amide bonds. The lowest BCUT2D eigenvalue weighted by Crippen LogP contribution is -2.37. The average Bonchev–Trinajstić information content (AvgIpc) is 2.84. The maximum absolute atomic E-state index is 11.2. The molecule has 1 N–H and O–H groups in total. The van der Waals surface area contributed by atoms with Crippen LogP contribution in [0.1, 0.15) is 19.5 Å². The van der Waals surface area contributed by atoms with Crippen molar-refractivity contribution < 1.29 is 9.90 Å². The summed E-state index contributed by atoms with van der Waals surface area (Å²) < 4.78 is 5.04. The summed E-state index contributed by atoms with van der Waals surface area (Å²) in [6.45, 7) is 4.82. The first-order chi connectivity index (χ1) is 7.94. The minimum absolute atomic E-state index is 0.366. The summed E-state index contributed by atoms with van der Waals surface area (Å²) in [7, 11) is 0. The summed E-state index contributed by atoms with van der Waals surface area (Å²) in [4.78, 5) is 11.9. The van der Waals surface area contributed by atoms with E-state index in [1.54, 1.807) is 6.92 Å². The second kappa shape index (κ2) is 3.84. The molecule has 0 saturated heterocycles. The van der Waals surface area contributed by atoms with Crippen molar-refractivity contribution in [3.8, 4) is 10.7 Å². The Hall–Kier alpha value is -1.90. The van der Waals surface area contributed by atoms with E-state index in [0.717, 1.165) is 11.5 Å². The number of carbonyl (C=O) groups is 1. The number of aliphatic carboxylic acids is 1. The van der Waals surface area contributed by atoms with Crippen molar-refractivity contribution in [3.05, 3.63) is 5.69 Å². The zero-order valence-electron chi connectivity index (χ0n) is 9.45. The zero-order valence-corrected chi connectivity index (χ0v) is 10.3. The SMILES string of the molecule is Cc1nnsc1-c1nnnn1C(C)(C)C(=O)O. The molecule has 0 aliphatic carbocycles. The monoisotopic (exact) mass is 254 g/mol. The van der Waals surface area contributed by atoms with Gasteiger partial charge in [-0.2, -0.15) is 0 Å². The van der Waals surface area contributed by atoms with Gasteiger partial charge in [-0.1, -0.05) is 4.49 Å². The minimum atomic E-state index is -1.23. The summed E-state index contributed by atoms with van der Waals surface area (Å²) in [5.41, 5.74) is -0.554. The lowest BCUT2D eigenvalue weighted by atomic mass is 10.1. The Morgan fingerprint density at radius 3 is 2.65 bits per heavy atom. The van der Waals surface area contributed by atoms with Crippen LogP contribution in [0.4, 0.5) is 0 Å². The highest BCUT2D eigenvalue weighted by Crippen LogP contribution is 2.26. The molecule has 0 saturated carbocycles. The van der Waals surface area contributed by atoms with Crippen molar-refractivity contribution in [1.82, 2.24) is 29.8 Å². The van der Waals surface area contributed by atoms with Gasteiger partial charge in [0.15, 0.2) is 11.4 Å². The maximum Gasteiger partial charge on any atom is 0.331 e. The number of hydrogen-bond donors (Lipinski definition) is 1. The van der Waals surface area contributed by atoms with Crippen LogP contribution in [0.3, 0.4) is 0 Å². The number of hydrogen-bond acceptors (Lipinski definition) is 7. The molecule has 0 fully saturated rings. The first-order valence-corrected chi connectivity index (χ1v) is 5.53. The van der Waals surface area contributed by atoms with Gasteiger partial charge < -0.3 is 5.11 Å². The van der Waals surface area contributed by atoms with Gasteiger partial charge in [-0.15, -0.1) is 10.2 Å². The Bertz CT molecular complexity index is 560. The normalized spacial score (nSPS) is 11.7. The molecular weight excluding hydrogens is 244 g/mol. The van der Waals surface area contributed by atoms with Crippen LogP contribution in [0.15, 0.2) is 0 Å². The molecule has 0 aromatic carbocycles. The number of rotatable bonds is 3. The van der Waals surface area contributed by atoms with E-state index < -0.39 is 11.5 Å². The van der Waals surface area contributed by atoms with E-state index in [9.17, 15) is 4.79 Å². The Labute approximate surface area is 100 Å². The Morgan fingerprint density at radius 2 is 2.12 bits per heavy atom. The van der Waals surface area contributed by atoms with Crippen LogP contribution in [0.2, 0.25) is 0 Å². The van der Waals surface area contributed by atoms with E-state index in [2.05, 4.69) is 25.1 Å². The molecule has 2 aromatic rings. The number of nitrogens with zero attached hydrogens (tertiary/aromatic N) is 6. The van der Waals surface area contributed by atoms with Crippen LogP contribution in [-0.4, -0.2) is 40.9 Å². The van der Waals surface area contributed by atoms with Gasteiger partial charge in [0.2, 0.25) is 0 Å². The topological polar surface area (TPSA) is 107 Å². The molecule has 2 rings (SSSR count). The molecule has 8 nitrogen and oxygen atoms in total. The van der Waals surface area contributed by atoms with Gasteiger partial charge in [0.25, 0.3) is 0 Å². The van der Waals surface area contributed by atoms with E-state index in [0.29, 0.717) is 16.4 Å². The van der Waals surface area contributed by atoms with Crippen molar-refractivity contribution in [3.63, 3.8) is 0 Å². The summed E-state index contributed by atoms with van der Waals surface area (Å²) in [5.74, 6) is -0.647. The summed E-state index contributed by atoms with van der Waals surface area (Å²) >= 11 is 1.13. The first-order valence-electron chi connectivity index (χ1n) is 4.76. The Balaban J connectivity index is 2.57. The second-order valence-electron chi connectivity index (χ2n) is 3.97. The van der Waals surface area contributed by atoms with Gasteiger partial charge in [-0.05, 0) is 42.7 Å². The zero-order chi connectivity index (χ0) is 12.6. The largest absolute Gasteiger partial charge is 0.479 e. The average molecular weight is 254 g/mol. The lowest BCUT2D eigenvalue weighted by molar-refractivity contribution is -0.146. The molecular formula is C8H10N6O2S. The quantitative estimate of drug-likeness (QED) is 0.840. The molecule has 90 valence electrons. The minimum Gasteiger partial charge on any atom is -0.479 e. The smallest absolute Gasteiger partial charge is 0.331 e. The lowest BCUT2D eigenvalue weighted by Gasteiger charge is -2.19. The molecule has 0 aliphatic heterocycles. The summed E-state index contributed by atoms with van der Waals surface area (Å²) in [5, 5.41) is 24.1. The fourth-order valence-corrected chi connectivity index (χ4v) is 1.86. The van der Waals surface area contributed by atoms with E-state index in [1.807, 2.05) is 0 Å². The van der Waals surface area contributed by atoms with Crippen LogP contribution in [0, 0.1) is 6.92 Å². The molecule has 2 aromatic heterocycles. The highest BCUT2D eigenvalue weighted by atomic mass is 32.1. The van der Waals surface area contributed by atoms with Gasteiger partial charge >= 0.3 is 5.97 Å². The molecule has 9 heteroatoms. The second-order valence-corrected chi connectivity index (χ2v) is 4.72. The highest BCUT2D eigenvalue weighted by Gasteiger charge is 2.34. The number of aryl methyl sites for hydroxylation is 1. The molecule has 0 aliphatic rings. The Morgan fingerprint density at radius 1 is 1.41 bits per heavy atom. The molecule has 2 heterocycles. The van der Waals surface area contributed by atoms with Gasteiger partial charge in [-0.25, -0.2) is 9.48 Å².